The first-order valence-electron chi connectivity index (χ1n) is 5.29. The van der Waals surface area contributed by atoms with Gasteiger partial charge in [0.15, 0.2) is 5.78 Å². The molecule has 0 fully saturated rings. The van der Waals surface area contributed by atoms with Gasteiger partial charge in [0.05, 0.1) is 12.4 Å². The van der Waals surface area contributed by atoms with Gasteiger partial charge in [-0.15, -0.1) is 0 Å². The maximum absolute atomic E-state index is 11.6. The Kier molecular flexibility index (Phi) is 3.15. The fourth-order valence-corrected chi connectivity index (χ4v) is 1.75. The molecule has 1 atom stereocenters. The molecule has 0 N–H and O–H groups in total. The molecule has 1 aromatic heterocycles. The molecule has 1 aromatic carbocycles. The molecule has 16 heavy (non-hydrogen) atoms. The third-order valence-corrected chi connectivity index (χ3v) is 2.63. The van der Waals surface area contributed by atoms with E-state index in [1.165, 1.54) is 0 Å². The minimum absolute atomic E-state index is 0.148. The Bertz CT molecular complexity index is 448. The average Bonchev–Trinajstić information content (AvgIpc) is 2.80. The van der Waals surface area contributed by atoms with Gasteiger partial charge in [-0.25, -0.2) is 4.98 Å². The van der Waals surface area contributed by atoms with Crippen molar-refractivity contribution in [3.63, 3.8) is 0 Å². The van der Waals surface area contributed by atoms with Crippen molar-refractivity contribution in [2.45, 2.75) is 19.4 Å². The van der Waals surface area contributed by atoms with Gasteiger partial charge in [-0.1, -0.05) is 30.3 Å². The van der Waals surface area contributed by atoms with Crippen LogP contribution >= 0.6 is 0 Å². The van der Waals surface area contributed by atoms with Crippen LogP contribution in [0.1, 0.15) is 18.5 Å². The number of ketones is 1. The van der Waals surface area contributed by atoms with E-state index >= 15 is 0 Å². The van der Waals surface area contributed by atoms with E-state index in [4.69, 9.17) is 0 Å². The maximum atomic E-state index is 11.6. The van der Waals surface area contributed by atoms with Crippen LogP contribution in [0.3, 0.4) is 0 Å². The van der Waals surface area contributed by atoms with Crippen LogP contribution in [-0.2, 0) is 11.2 Å². The van der Waals surface area contributed by atoms with E-state index in [0.717, 1.165) is 5.56 Å². The summed E-state index contributed by atoms with van der Waals surface area (Å²) in [5.74, 6) is 0.154. The zero-order valence-electron chi connectivity index (χ0n) is 9.21. The Morgan fingerprint density at radius 3 is 2.69 bits per heavy atom. The second kappa shape index (κ2) is 4.75. The molecule has 0 saturated carbocycles. The van der Waals surface area contributed by atoms with Crippen molar-refractivity contribution in [1.29, 1.82) is 0 Å². The Morgan fingerprint density at radius 2 is 2.12 bits per heavy atom. The predicted octanol–water partition coefficient (Wildman–Crippen LogP) is 2.26. The topological polar surface area (TPSA) is 34.9 Å². The predicted molar refractivity (Wildman–Crippen MR) is 62.1 cm³/mol. The van der Waals surface area contributed by atoms with Crippen LogP contribution < -0.4 is 0 Å². The summed E-state index contributed by atoms with van der Waals surface area (Å²) in [6.07, 6.45) is 5.93. The van der Waals surface area contributed by atoms with Gasteiger partial charge >= 0.3 is 0 Å². The lowest BCUT2D eigenvalue weighted by Crippen LogP contribution is -2.18. The highest BCUT2D eigenvalue weighted by Crippen LogP contribution is 2.14. The molecule has 1 heterocycles. The molecule has 0 aliphatic heterocycles. The van der Waals surface area contributed by atoms with Gasteiger partial charge in [0, 0.05) is 18.8 Å². The Labute approximate surface area is 94.7 Å². The fourth-order valence-electron chi connectivity index (χ4n) is 1.75. The van der Waals surface area contributed by atoms with Gasteiger partial charge < -0.3 is 4.57 Å². The number of carbonyl (C=O) groups excluding carboxylic acids is 1. The van der Waals surface area contributed by atoms with Crippen molar-refractivity contribution >= 4 is 5.78 Å². The average molecular weight is 214 g/mol. The summed E-state index contributed by atoms with van der Waals surface area (Å²) >= 11 is 0. The van der Waals surface area contributed by atoms with E-state index in [2.05, 4.69) is 4.98 Å². The van der Waals surface area contributed by atoms with Gasteiger partial charge in [0.1, 0.15) is 0 Å². The number of hydrogen-bond acceptors (Lipinski definition) is 2. The van der Waals surface area contributed by atoms with Gasteiger partial charge in [-0.05, 0) is 12.5 Å². The molecule has 0 unspecified atom stereocenters. The molecule has 0 radical (unpaired) electrons. The van der Waals surface area contributed by atoms with Gasteiger partial charge in [0.2, 0.25) is 0 Å². The van der Waals surface area contributed by atoms with Crippen molar-refractivity contribution in [1.82, 2.24) is 9.55 Å². The SMILES string of the molecule is CC(=O)[C@@H](Cc1ccccc1)n1ccnc1. The van der Waals surface area contributed by atoms with Crippen molar-refractivity contribution < 1.29 is 4.79 Å². The Balaban J connectivity index is 2.19. The molecule has 0 aliphatic rings. The minimum Gasteiger partial charge on any atom is -0.327 e. The van der Waals surface area contributed by atoms with E-state index in [1.807, 2.05) is 41.1 Å². The van der Waals surface area contributed by atoms with Crippen LogP contribution in [0.4, 0.5) is 0 Å². The summed E-state index contributed by atoms with van der Waals surface area (Å²) in [4.78, 5) is 15.6. The first kappa shape index (κ1) is 10.6. The van der Waals surface area contributed by atoms with E-state index in [-0.39, 0.29) is 11.8 Å². The standard InChI is InChI=1S/C13H14N2O/c1-11(16)13(15-8-7-14-10-15)9-12-5-3-2-4-6-12/h2-8,10,13H,9H2,1H3/t13-/m1/s1. The smallest absolute Gasteiger partial charge is 0.152 e. The lowest BCUT2D eigenvalue weighted by molar-refractivity contribution is -0.120. The molecule has 0 amide bonds. The highest BCUT2D eigenvalue weighted by molar-refractivity contribution is 5.80. The molecule has 0 aliphatic carbocycles. The molecule has 0 spiro atoms. The van der Waals surface area contributed by atoms with E-state index < -0.39 is 0 Å². The van der Waals surface area contributed by atoms with Crippen molar-refractivity contribution in [3.05, 3.63) is 54.6 Å². The number of aromatic nitrogens is 2. The monoisotopic (exact) mass is 214 g/mol. The quantitative estimate of drug-likeness (QED) is 0.782. The van der Waals surface area contributed by atoms with Crippen LogP contribution in [0.15, 0.2) is 49.1 Å². The second-order valence-electron chi connectivity index (χ2n) is 3.83. The molecule has 3 heteroatoms. The molecular weight excluding hydrogens is 200 g/mol. The molecule has 0 saturated heterocycles. The van der Waals surface area contributed by atoms with Crippen LogP contribution in [0.25, 0.3) is 0 Å². The molecule has 3 nitrogen and oxygen atoms in total. The summed E-state index contributed by atoms with van der Waals surface area (Å²) in [6.45, 7) is 1.62. The molecular formula is C13H14N2O. The lowest BCUT2D eigenvalue weighted by Gasteiger charge is -2.15. The highest BCUT2D eigenvalue weighted by Gasteiger charge is 2.15. The molecule has 2 aromatic rings. The summed E-state index contributed by atoms with van der Waals surface area (Å²) in [7, 11) is 0. The minimum atomic E-state index is -0.148. The first-order valence-corrected chi connectivity index (χ1v) is 5.29. The van der Waals surface area contributed by atoms with E-state index in [1.54, 1.807) is 19.4 Å². The number of benzene rings is 1. The van der Waals surface area contributed by atoms with Gasteiger partial charge in [-0.2, -0.15) is 0 Å². The Hall–Kier alpha value is -1.90. The van der Waals surface area contributed by atoms with E-state index in [9.17, 15) is 4.79 Å². The van der Waals surface area contributed by atoms with Crippen LogP contribution in [0.5, 0.6) is 0 Å². The van der Waals surface area contributed by atoms with Crippen LogP contribution in [-0.4, -0.2) is 15.3 Å². The zero-order chi connectivity index (χ0) is 11.4. The van der Waals surface area contributed by atoms with Crippen molar-refractivity contribution in [3.8, 4) is 0 Å². The van der Waals surface area contributed by atoms with Crippen molar-refractivity contribution in [2.24, 2.45) is 0 Å². The third-order valence-electron chi connectivity index (χ3n) is 2.63. The van der Waals surface area contributed by atoms with E-state index in [0.29, 0.717) is 6.42 Å². The summed E-state index contributed by atoms with van der Waals surface area (Å²) in [5.41, 5.74) is 1.16. The molecule has 82 valence electrons. The number of imidazole rings is 1. The van der Waals surface area contributed by atoms with Gasteiger partial charge in [0.25, 0.3) is 0 Å². The number of nitrogens with zero attached hydrogens (tertiary/aromatic N) is 2. The van der Waals surface area contributed by atoms with Gasteiger partial charge in [-0.3, -0.25) is 4.79 Å². The third kappa shape index (κ3) is 2.37. The summed E-state index contributed by atoms with van der Waals surface area (Å²) in [5, 5.41) is 0. The van der Waals surface area contributed by atoms with Crippen LogP contribution in [0.2, 0.25) is 0 Å². The maximum Gasteiger partial charge on any atom is 0.152 e. The Morgan fingerprint density at radius 1 is 1.38 bits per heavy atom. The zero-order valence-corrected chi connectivity index (χ0v) is 9.21. The lowest BCUT2D eigenvalue weighted by atomic mass is 10.0. The number of rotatable bonds is 4. The largest absolute Gasteiger partial charge is 0.327 e. The molecule has 2 rings (SSSR count). The summed E-state index contributed by atoms with van der Waals surface area (Å²) in [6, 6.07) is 9.87. The number of carbonyl (C=O) groups is 1. The van der Waals surface area contributed by atoms with Crippen molar-refractivity contribution in [2.75, 3.05) is 0 Å². The first-order chi connectivity index (χ1) is 7.77. The number of Topliss-reactive ketones (excluding diaryl/α,β-unsaturated/α-hetero) is 1. The normalized spacial score (nSPS) is 12.3. The second-order valence-corrected chi connectivity index (χ2v) is 3.83. The molecule has 0 bridgehead atoms. The number of hydrogen-bond donors (Lipinski definition) is 0. The van der Waals surface area contributed by atoms with Crippen LogP contribution in [0, 0.1) is 0 Å². The summed E-state index contributed by atoms with van der Waals surface area (Å²) < 4.78 is 1.86. The highest BCUT2D eigenvalue weighted by atomic mass is 16.1. The fraction of sp³-hybridized carbons (Fsp3) is 0.231.